The summed E-state index contributed by atoms with van der Waals surface area (Å²) in [6.07, 6.45) is 2.31. The van der Waals surface area contributed by atoms with E-state index in [1.165, 1.54) is 5.56 Å². The predicted molar refractivity (Wildman–Crippen MR) is 77.7 cm³/mol. The van der Waals surface area contributed by atoms with Gasteiger partial charge in [-0.1, -0.05) is 52.9 Å². The molecular formula is C13H16INO3. The van der Waals surface area contributed by atoms with Gasteiger partial charge in [0.15, 0.2) is 0 Å². The summed E-state index contributed by atoms with van der Waals surface area (Å²) in [5.74, 6) is 0. The molecule has 2 atom stereocenters. The number of hydrogen-bond acceptors (Lipinski definition) is 3. The Bertz CT molecular complexity index is 412. The molecule has 2 unspecified atom stereocenters. The smallest absolute Gasteiger partial charge is 0.229 e. The number of rotatable bonds is 5. The molecule has 0 N–H and O–H groups in total. The van der Waals surface area contributed by atoms with Crippen molar-refractivity contribution in [2.24, 2.45) is 0 Å². The summed E-state index contributed by atoms with van der Waals surface area (Å²) in [5.41, 5.74) is 1.01. The first kappa shape index (κ1) is 13.7. The predicted octanol–water partition coefficient (Wildman–Crippen LogP) is 2.86. The summed E-state index contributed by atoms with van der Waals surface area (Å²) >= 11 is 2.32. The molecule has 1 heterocycles. The number of ether oxygens (including phenoxy) is 1. The number of hydrogen-bond donors (Lipinski definition) is 0. The van der Waals surface area contributed by atoms with E-state index in [9.17, 15) is 10.1 Å². The van der Waals surface area contributed by atoms with Gasteiger partial charge < -0.3 is 4.74 Å². The topological polar surface area (TPSA) is 52.4 Å². The molecule has 18 heavy (non-hydrogen) atoms. The van der Waals surface area contributed by atoms with E-state index in [0.717, 1.165) is 23.7 Å². The normalized spacial score (nSPS) is 27.3. The average molecular weight is 361 g/mol. The highest BCUT2D eigenvalue weighted by Crippen LogP contribution is 2.35. The third-order valence-electron chi connectivity index (χ3n) is 3.30. The van der Waals surface area contributed by atoms with Gasteiger partial charge in [-0.3, -0.25) is 10.1 Å². The Morgan fingerprint density at radius 1 is 1.44 bits per heavy atom. The summed E-state index contributed by atoms with van der Waals surface area (Å²) in [7, 11) is 0. The van der Waals surface area contributed by atoms with Crippen LogP contribution in [0.1, 0.15) is 18.4 Å². The van der Waals surface area contributed by atoms with Crippen LogP contribution in [0.4, 0.5) is 0 Å². The Morgan fingerprint density at radius 2 is 2.17 bits per heavy atom. The fourth-order valence-electron chi connectivity index (χ4n) is 2.43. The maximum Gasteiger partial charge on any atom is 0.229 e. The highest BCUT2D eigenvalue weighted by atomic mass is 127. The van der Waals surface area contributed by atoms with Gasteiger partial charge in [0.05, 0.1) is 5.60 Å². The molecule has 1 saturated heterocycles. The lowest BCUT2D eigenvalue weighted by Gasteiger charge is -2.27. The minimum absolute atomic E-state index is 0.0762. The van der Waals surface area contributed by atoms with Crippen molar-refractivity contribution in [2.75, 3.05) is 11.0 Å². The van der Waals surface area contributed by atoms with E-state index in [4.69, 9.17) is 4.74 Å². The first-order chi connectivity index (χ1) is 8.63. The molecule has 0 aromatic heterocycles. The van der Waals surface area contributed by atoms with E-state index >= 15 is 0 Å². The first-order valence-electron chi connectivity index (χ1n) is 6.03. The maximum atomic E-state index is 10.5. The molecule has 0 spiro atoms. The highest BCUT2D eigenvalue weighted by Gasteiger charge is 2.41. The van der Waals surface area contributed by atoms with Crippen molar-refractivity contribution in [3.63, 3.8) is 0 Å². The molecule has 1 aromatic rings. The molecule has 0 saturated carbocycles. The molecule has 1 fully saturated rings. The number of alkyl halides is 1. The van der Waals surface area contributed by atoms with Crippen LogP contribution in [0.3, 0.4) is 0 Å². The standard InChI is InChI=1S/C13H16INO3/c14-10-13(8-11-4-2-1-3-5-11)7-6-12(18-13)9-15(16)17/h1-5,12H,6-10H2. The summed E-state index contributed by atoms with van der Waals surface area (Å²) in [6, 6.07) is 10.2. The molecule has 0 radical (unpaired) electrons. The summed E-state index contributed by atoms with van der Waals surface area (Å²) in [4.78, 5) is 10.3. The van der Waals surface area contributed by atoms with Crippen LogP contribution in [-0.2, 0) is 11.2 Å². The molecule has 1 aromatic carbocycles. The molecule has 0 aliphatic carbocycles. The lowest BCUT2D eigenvalue weighted by atomic mass is 9.93. The quantitative estimate of drug-likeness (QED) is 0.351. The van der Waals surface area contributed by atoms with Gasteiger partial charge in [-0.25, -0.2) is 0 Å². The van der Waals surface area contributed by atoms with E-state index in [-0.39, 0.29) is 23.2 Å². The van der Waals surface area contributed by atoms with Crippen LogP contribution in [0.25, 0.3) is 0 Å². The highest BCUT2D eigenvalue weighted by molar-refractivity contribution is 14.1. The minimum atomic E-state index is -0.281. The largest absolute Gasteiger partial charge is 0.364 e. The fourth-order valence-corrected chi connectivity index (χ4v) is 3.26. The summed E-state index contributed by atoms with van der Waals surface area (Å²) in [5, 5.41) is 10.5. The van der Waals surface area contributed by atoms with Crippen molar-refractivity contribution >= 4 is 22.6 Å². The van der Waals surface area contributed by atoms with Crippen molar-refractivity contribution in [2.45, 2.75) is 31.0 Å². The van der Waals surface area contributed by atoms with Gasteiger partial charge in [0, 0.05) is 15.8 Å². The van der Waals surface area contributed by atoms with Gasteiger partial charge in [-0.2, -0.15) is 0 Å². The van der Waals surface area contributed by atoms with Crippen molar-refractivity contribution in [1.29, 1.82) is 0 Å². The van der Waals surface area contributed by atoms with Crippen molar-refractivity contribution in [1.82, 2.24) is 0 Å². The van der Waals surface area contributed by atoms with E-state index in [0.29, 0.717) is 0 Å². The zero-order valence-electron chi connectivity index (χ0n) is 10.0. The molecular weight excluding hydrogens is 345 g/mol. The van der Waals surface area contributed by atoms with Crippen LogP contribution in [0.2, 0.25) is 0 Å². The fraction of sp³-hybridized carbons (Fsp3) is 0.538. The minimum Gasteiger partial charge on any atom is -0.364 e. The van der Waals surface area contributed by atoms with Crippen LogP contribution in [0, 0.1) is 10.1 Å². The second kappa shape index (κ2) is 5.97. The van der Waals surface area contributed by atoms with Gasteiger partial charge in [0.1, 0.15) is 6.10 Å². The van der Waals surface area contributed by atoms with Crippen LogP contribution >= 0.6 is 22.6 Å². The molecule has 1 aliphatic heterocycles. The number of halogens is 1. The van der Waals surface area contributed by atoms with Crippen molar-refractivity contribution in [3.05, 3.63) is 46.0 Å². The molecule has 0 amide bonds. The van der Waals surface area contributed by atoms with Crippen LogP contribution < -0.4 is 0 Å². The van der Waals surface area contributed by atoms with Gasteiger partial charge in [0.25, 0.3) is 0 Å². The van der Waals surface area contributed by atoms with Crippen molar-refractivity contribution in [3.8, 4) is 0 Å². The first-order valence-corrected chi connectivity index (χ1v) is 7.56. The molecule has 0 bridgehead atoms. The van der Waals surface area contributed by atoms with Gasteiger partial charge in [-0.05, 0) is 18.4 Å². The Morgan fingerprint density at radius 3 is 2.78 bits per heavy atom. The second-order valence-electron chi connectivity index (χ2n) is 4.77. The zero-order chi connectivity index (χ0) is 13.0. The van der Waals surface area contributed by atoms with Gasteiger partial charge in [-0.15, -0.1) is 0 Å². The Hall–Kier alpha value is -0.690. The summed E-state index contributed by atoms with van der Waals surface area (Å²) < 4.78 is 6.83. The third-order valence-corrected chi connectivity index (χ3v) is 4.69. The van der Waals surface area contributed by atoms with E-state index < -0.39 is 0 Å². The third kappa shape index (κ3) is 3.41. The Labute approximate surface area is 120 Å². The van der Waals surface area contributed by atoms with Crippen LogP contribution in [0.15, 0.2) is 30.3 Å². The lowest BCUT2D eigenvalue weighted by Crippen LogP contribution is -2.35. The zero-order valence-corrected chi connectivity index (χ0v) is 12.2. The molecule has 1 aliphatic rings. The molecule has 2 rings (SSSR count). The number of nitro groups is 1. The van der Waals surface area contributed by atoms with Crippen LogP contribution in [0.5, 0.6) is 0 Å². The second-order valence-corrected chi connectivity index (χ2v) is 5.54. The van der Waals surface area contributed by atoms with Crippen molar-refractivity contribution < 1.29 is 9.66 Å². The van der Waals surface area contributed by atoms with Gasteiger partial charge >= 0.3 is 0 Å². The van der Waals surface area contributed by atoms with Crippen LogP contribution in [-0.4, -0.2) is 27.6 Å². The number of benzene rings is 1. The van der Waals surface area contributed by atoms with E-state index in [1.54, 1.807) is 0 Å². The van der Waals surface area contributed by atoms with E-state index in [2.05, 4.69) is 34.7 Å². The SMILES string of the molecule is O=[N+]([O-])CC1CCC(CI)(Cc2ccccc2)O1. The Kier molecular flexibility index (Phi) is 4.55. The van der Waals surface area contributed by atoms with Gasteiger partial charge in [0.2, 0.25) is 6.54 Å². The molecule has 98 valence electrons. The number of nitrogens with zero attached hydrogens (tertiary/aromatic N) is 1. The average Bonchev–Trinajstić information content (AvgIpc) is 2.73. The Balaban J connectivity index is 2.02. The lowest BCUT2D eigenvalue weighted by molar-refractivity contribution is -0.491. The maximum absolute atomic E-state index is 10.5. The molecule has 4 nitrogen and oxygen atoms in total. The summed E-state index contributed by atoms with van der Waals surface area (Å²) in [6.45, 7) is -0.0762. The molecule has 5 heteroatoms. The monoisotopic (exact) mass is 361 g/mol. The van der Waals surface area contributed by atoms with E-state index in [1.807, 2.05) is 18.2 Å².